The van der Waals surface area contributed by atoms with Crippen LogP contribution in [0.15, 0.2) is 23.1 Å². The van der Waals surface area contributed by atoms with Gasteiger partial charge < -0.3 is 16.4 Å². The lowest BCUT2D eigenvalue weighted by Crippen LogP contribution is -2.46. The Hall–Kier alpha value is -0.950. The Kier molecular flexibility index (Phi) is 6.55. The molecular weight excluding hydrogens is 345 g/mol. The topological polar surface area (TPSA) is 84.2 Å². The van der Waals surface area contributed by atoms with Gasteiger partial charge in [-0.1, -0.05) is 11.6 Å². The number of amides is 2. The number of fused-ring (bicyclic) bond motifs is 1. The van der Waals surface area contributed by atoms with E-state index in [0.29, 0.717) is 17.3 Å². The summed E-state index contributed by atoms with van der Waals surface area (Å²) in [4.78, 5) is 24.8. The molecule has 22 heavy (non-hydrogen) atoms. The molecule has 122 valence electrons. The van der Waals surface area contributed by atoms with Crippen molar-refractivity contribution >= 4 is 53.3 Å². The number of hydrogen-bond acceptors (Lipinski definition) is 4. The number of benzene rings is 1. The first-order chi connectivity index (χ1) is 9.74. The molecule has 0 aliphatic carbocycles. The fourth-order valence-corrected chi connectivity index (χ4v) is 3.09. The van der Waals surface area contributed by atoms with Crippen molar-refractivity contribution in [1.29, 1.82) is 0 Å². The van der Waals surface area contributed by atoms with Crippen LogP contribution in [-0.4, -0.2) is 29.1 Å². The van der Waals surface area contributed by atoms with Gasteiger partial charge in [0.05, 0.1) is 10.9 Å². The summed E-state index contributed by atoms with van der Waals surface area (Å²) in [5, 5.41) is 5.65. The lowest BCUT2D eigenvalue weighted by Gasteiger charge is -2.24. The lowest BCUT2D eigenvalue weighted by molar-refractivity contribution is -0.124. The minimum absolute atomic E-state index is 0. The zero-order chi connectivity index (χ0) is 15.6. The maximum Gasteiger partial charge on any atom is 0.238 e. The van der Waals surface area contributed by atoms with Gasteiger partial charge in [-0.25, -0.2) is 0 Å². The minimum Gasteiger partial charge on any atom is -0.354 e. The van der Waals surface area contributed by atoms with E-state index >= 15 is 0 Å². The molecule has 1 unspecified atom stereocenters. The number of thioether (sulfide) groups is 1. The van der Waals surface area contributed by atoms with Crippen molar-refractivity contribution < 1.29 is 9.59 Å². The van der Waals surface area contributed by atoms with Gasteiger partial charge >= 0.3 is 0 Å². The zero-order valence-electron chi connectivity index (χ0n) is 12.3. The van der Waals surface area contributed by atoms with Crippen molar-refractivity contribution in [2.45, 2.75) is 36.0 Å². The average molecular weight is 364 g/mol. The summed E-state index contributed by atoms with van der Waals surface area (Å²) < 4.78 is 0. The third-order valence-electron chi connectivity index (χ3n) is 2.87. The number of carbonyl (C=O) groups excluding carboxylic acids is 2. The normalized spacial score (nSPS) is 17.1. The zero-order valence-corrected chi connectivity index (χ0v) is 14.7. The standard InChI is InChI=1S/C14H18ClN3O2S.ClH/c1-14(2,16)7-17-12(19)6-11-13(20)18-9-5-8(15)3-4-10(9)21-11;/h3-5,11H,6-7,16H2,1-2H3,(H,17,19)(H,18,20);1H. The van der Waals surface area contributed by atoms with E-state index in [-0.39, 0.29) is 30.6 Å². The van der Waals surface area contributed by atoms with Crippen LogP contribution >= 0.6 is 35.8 Å². The van der Waals surface area contributed by atoms with Crippen molar-refractivity contribution in [2.75, 3.05) is 11.9 Å². The largest absolute Gasteiger partial charge is 0.354 e. The van der Waals surface area contributed by atoms with Gasteiger partial charge in [-0.15, -0.1) is 24.2 Å². The third-order valence-corrected chi connectivity index (χ3v) is 4.38. The van der Waals surface area contributed by atoms with E-state index in [0.717, 1.165) is 4.90 Å². The molecule has 1 atom stereocenters. The summed E-state index contributed by atoms with van der Waals surface area (Å²) in [6, 6.07) is 5.31. The van der Waals surface area contributed by atoms with Crippen LogP contribution in [-0.2, 0) is 9.59 Å². The molecule has 0 saturated heterocycles. The summed E-state index contributed by atoms with van der Waals surface area (Å²) in [6.07, 6.45) is 0.120. The summed E-state index contributed by atoms with van der Waals surface area (Å²) in [5.41, 5.74) is 6.03. The molecule has 1 aliphatic rings. The molecular formula is C14H19Cl2N3O2S. The Morgan fingerprint density at radius 3 is 2.82 bits per heavy atom. The number of rotatable bonds is 4. The van der Waals surface area contributed by atoms with Gasteiger partial charge in [0.15, 0.2) is 0 Å². The number of anilines is 1. The molecule has 8 heteroatoms. The van der Waals surface area contributed by atoms with Crippen LogP contribution in [0.5, 0.6) is 0 Å². The van der Waals surface area contributed by atoms with E-state index in [1.807, 2.05) is 19.9 Å². The van der Waals surface area contributed by atoms with Crippen LogP contribution < -0.4 is 16.4 Å². The monoisotopic (exact) mass is 363 g/mol. The maximum absolute atomic E-state index is 12.0. The number of nitrogens with two attached hydrogens (primary N) is 1. The van der Waals surface area contributed by atoms with Gasteiger partial charge in [0.2, 0.25) is 11.8 Å². The second-order valence-corrected chi connectivity index (χ2v) is 7.39. The molecule has 0 bridgehead atoms. The van der Waals surface area contributed by atoms with Gasteiger partial charge in [-0.2, -0.15) is 0 Å². The van der Waals surface area contributed by atoms with E-state index in [4.69, 9.17) is 17.3 Å². The predicted octanol–water partition coefficient (Wildman–Crippen LogP) is 2.42. The minimum atomic E-state index is -0.471. The maximum atomic E-state index is 12.0. The Balaban J connectivity index is 0.00000242. The number of halogens is 2. The average Bonchev–Trinajstić information content (AvgIpc) is 2.37. The first-order valence-corrected chi connectivity index (χ1v) is 7.83. The number of carbonyl (C=O) groups is 2. The number of hydrogen-bond donors (Lipinski definition) is 3. The predicted molar refractivity (Wildman–Crippen MR) is 92.9 cm³/mol. The summed E-state index contributed by atoms with van der Waals surface area (Å²) >= 11 is 7.27. The Labute approximate surface area is 145 Å². The van der Waals surface area contributed by atoms with E-state index < -0.39 is 10.8 Å². The van der Waals surface area contributed by atoms with Gasteiger partial charge in [-0.3, -0.25) is 9.59 Å². The highest BCUT2D eigenvalue weighted by Gasteiger charge is 2.29. The lowest BCUT2D eigenvalue weighted by atomic mass is 10.1. The molecule has 1 aliphatic heterocycles. The molecule has 0 radical (unpaired) electrons. The Morgan fingerprint density at radius 1 is 1.50 bits per heavy atom. The van der Waals surface area contributed by atoms with Gasteiger partial charge in [0, 0.05) is 28.4 Å². The van der Waals surface area contributed by atoms with E-state index in [2.05, 4.69) is 10.6 Å². The first-order valence-electron chi connectivity index (χ1n) is 6.57. The molecule has 4 N–H and O–H groups in total. The number of nitrogens with one attached hydrogen (secondary N) is 2. The van der Waals surface area contributed by atoms with Crippen molar-refractivity contribution in [2.24, 2.45) is 5.73 Å². The van der Waals surface area contributed by atoms with Crippen LogP contribution in [0.4, 0.5) is 5.69 Å². The fourth-order valence-electron chi connectivity index (χ4n) is 1.82. The second kappa shape index (κ2) is 7.55. The van der Waals surface area contributed by atoms with Gasteiger partial charge in [-0.05, 0) is 32.0 Å². The van der Waals surface area contributed by atoms with Crippen molar-refractivity contribution in [3.05, 3.63) is 23.2 Å². The van der Waals surface area contributed by atoms with E-state index in [9.17, 15) is 9.59 Å². The first kappa shape index (κ1) is 19.1. The van der Waals surface area contributed by atoms with Gasteiger partial charge in [0.1, 0.15) is 0 Å². The van der Waals surface area contributed by atoms with Crippen molar-refractivity contribution in [3.63, 3.8) is 0 Å². The Morgan fingerprint density at radius 2 is 2.18 bits per heavy atom. The van der Waals surface area contributed by atoms with Crippen LogP contribution in [0.3, 0.4) is 0 Å². The quantitative estimate of drug-likeness (QED) is 0.766. The third kappa shape index (κ3) is 5.35. The van der Waals surface area contributed by atoms with Crippen LogP contribution in [0.1, 0.15) is 20.3 Å². The Bertz CT molecular complexity index is 576. The van der Waals surface area contributed by atoms with Gasteiger partial charge in [0.25, 0.3) is 0 Å². The van der Waals surface area contributed by atoms with Crippen molar-refractivity contribution in [1.82, 2.24) is 5.32 Å². The second-order valence-electron chi connectivity index (χ2n) is 5.71. The highest BCUT2D eigenvalue weighted by atomic mass is 35.5. The van der Waals surface area contributed by atoms with E-state index in [1.54, 1.807) is 12.1 Å². The molecule has 1 aromatic rings. The molecule has 5 nitrogen and oxygen atoms in total. The molecule has 2 rings (SSSR count). The van der Waals surface area contributed by atoms with E-state index in [1.165, 1.54) is 11.8 Å². The summed E-state index contributed by atoms with van der Waals surface area (Å²) in [7, 11) is 0. The molecule has 0 spiro atoms. The van der Waals surface area contributed by atoms with Crippen LogP contribution in [0, 0.1) is 0 Å². The summed E-state index contributed by atoms with van der Waals surface area (Å²) in [5.74, 6) is -0.365. The van der Waals surface area contributed by atoms with Crippen LogP contribution in [0.25, 0.3) is 0 Å². The fraction of sp³-hybridized carbons (Fsp3) is 0.429. The molecule has 1 heterocycles. The molecule has 0 fully saturated rings. The highest BCUT2D eigenvalue weighted by molar-refractivity contribution is 8.01. The molecule has 1 aromatic carbocycles. The summed E-state index contributed by atoms with van der Waals surface area (Å²) in [6.45, 7) is 4.03. The molecule has 0 aromatic heterocycles. The smallest absolute Gasteiger partial charge is 0.238 e. The SMILES string of the molecule is CC(C)(N)CNC(=O)CC1Sc2ccc(Cl)cc2NC1=O.Cl. The van der Waals surface area contributed by atoms with Crippen LogP contribution in [0.2, 0.25) is 5.02 Å². The highest BCUT2D eigenvalue weighted by Crippen LogP contribution is 2.38. The van der Waals surface area contributed by atoms with Crippen molar-refractivity contribution in [3.8, 4) is 0 Å². The molecule has 0 saturated carbocycles. The molecule has 2 amide bonds.